The minimum absolute atomic E-state index is 0.246. The summed E-state index contributed by atoms with van der Waals surface area (Å²) in [7, 11) is 1.12. The zero-order valence-corrected chi connectivity index (χ0v) is 10.4. The highest BCUT2D eigenvalue weighted by molar-refractivity contribution is 5.76. The van der Waals surface area contributed by atoms with Gasteiger partial charge in [-0.2, -0.15) is 0 Å². The van der Waals surface area contributed by atoms with Crippen molar-refractivity contribution in [3.63, 3.8) is 0 Å². The Kier molecular flexibility index (Phi) is 3.88. The van der Waals surface area contributed by atoms with Crippen LogP contribution >= 0.6 is 0 Å². The Bertz CT molecular complexity index is 704. The van der Waals surface area contributed by atoms with Crippen LogP contribution in [-0.4, -0.2) is 18.4 Å². The molecule has 0 saturated heterocycles. The zero-order chi connectivity index (χ0) is 15.7. The van der Waals surface area contributed by atoms with Crippen molar-refractivity contribution in [1.82, 2.24) is 4.98 Å². The minimum Gasteiger partial charge on any atom is -0.494 e. The summed E-state index contributed by atoms with van der Waals surface area (Å²) < 4.78 is 71.7. The number of hydrogen-bond acceptors (Lipinski definition) is 3. The van der Waals surface area contributed by atoms with E-state index < -0.39 is 40.3 Å². The van der Waals surface area contributed by atoms with E-state index in [0.29, 0.717) is 0 Å². The number of ether oxygens (including phenoxy) is 1. The van der Waals surface area contributed by atoms with Gasteiger partial charge in [-0.25, -0.2) is 26.9 Å². The lowest BCUT2D eigenvalue weighted by Gasteiger charge is -2.11. The number of hydrogen-bond donors (Lipinski definition) is 0. The van der Waals surface area contributed by atoms with Crippen LogP contribution in [-0.2, 0) is 0 Å². The summed E-state index contributed by atoms with van der Waals surface area (Å²) in [5.41, 5.74) is -2.17. The standard InChI is InChI=1S/C13H6F5NO2/c1-21-6-3-2-5(4-20)19-13(6)7-8(14)10(16)12(18)11(17)9(7)15/h2-4H,1H3. The molecule has 0 bridgehead atoms. The molecular formula is C13H6F5NO2. The molecule has 0 amide bonds. The molecule has 110 valence electrons. The Labute approximate surface area is 115 Å². The number of halogens is 5. The highest BCUT2D eigenvalue weighted by atomic mass is 19.2. The van der Waals surface area contributed by atoms with Crippen LogP contribution < -0.4 is 4.74 Å². The summed E-state index contributed by atoms with van der Waals surface area (Å²) in [6.45, 7) is 0. The predicted octanol–water partition coefficient (Wildman–Crippen LogP) is 3.27. The third kappa shape index (κ3) is 2.32. The van der Waals surface area contributed by atoms with Crippen LogP contribution in [0.1, 0.15) is 10.5 Å². The van der Waals surface area contributed by atoms with Crippen molar-refractivity contribution < 1.29 is 31.5 Å². The third-order valence-corrected chi connectivity index (χ3v) is 2.67. The quantitative estimate of drug-likeness (QED) is 0.378. The van der Waals surface area contributed by atoms with Gasteiger partial charge in [-0.05, 0) is 12.1 Å². The Hall–Kier alpha value is -2.51. The van der Waals surface area contributed by atoms with Gasteiger partial charge in [-0.1, -0.05) is 0 Å². The molecule has 2 aromatic rings. The van der Waals surface area contributed by atoms with E-state index in [2.05, 4.69) is 4.98 Å². The number of rotatable bonds is 3. The van der Waals surface area contributed by atoms with E-state index in [-0.39, 0.29) is 17.7 Å². The number of carbonyl (C=O) groups is 1. The van der Waals surface area contributed by atoms with Crippen molar-refractivity contribution in [1.29, 1.82) is 0 Å². The van der Waals surface area contributed by atoms with E-state index in [9.17, 15) is 26.7 Å². The average Bonchev–Trinajstić information content (AvgIpc) is 2.51. The summed E-state index contributed by atoms with van der Waals surface area (Å²) in [4.78, 5) is 14.2. The monoisotopic (exact) mass is 303 g/mol. The normalized spacial score (nSPS) is 10.6. The van der Waals surface area contributed by atoms with Gasteiger partial charge in [0.2, 0.25) is 5.82 Å². The maximum Gasteiger partial charge on any atom is 0.200 e. The molecule has 0 aliphatic rings. The molecule has 2 rings (SSSR count). The second-order valence-electron chi connectivity index (χ2n) is 3.85. The Morgan fingerprint density at radius 2 is 1.48 bits per heavy atom. The van der Waals surface area contributed by atoms with Crippen LogP contribution in [0.4, 0.5) is 22.0 Å². The van der Waals surface area contributed by atoms with Crippen LogP contribution in [0.25, 0.3) is 11.3 Å². The van der Waals surface area contributed by atoms with Crippen LogP contribution in [0.3, 0.4) is 0 Å². The van der Waals surface area contributed by atoms with E-state index in [1.54, 1.807) is 0 Å². The maximum absolute atomic E-state index is 13.7. The van der Waals surface area contributed by atoms with Gasteiger partial charge >= 0.3 is 0 Å². The summed E-state index contributed by atoms with van der Waals surface area (Å²) in [5.74, 6) is -10.8. The largest absolute Gasteiger partial charge is 0.494 e. The van der Waals surface area contributed by atoms with Crippen molar-refractivity contribution in [2.75, 3.05) is 7.11 Å². The van der Waals surface area contributed by atoms with Crippen molar-refractivity contribution in [2.24, 2.45) is 0 Å². The number of aromatic nitrogens is 1. The maximum atomic E-state index is 13.7. The summed E-state index contributed by atoms with van der Waals surface area (Å²) in [6.07, 6.45) is 0.259. The van der Waals surface area contributed by atoms with Crippen LogP contribution in [0.2, 0.25) is 0 Å². The lowest BCUT2D eigenvalue weighted by molar-refractivity contribution is 0.111. The first-order valence-electron chi connectivity index (χ1n) is 5.44. The van der Waals surface area contributed by atoms with E-state index >= 15 is 0 Å². The van der Waals surface area contributed by atoms with Gasteiger partial charge in [0.25, 0.3) is 0 Å². The van der Waals surface area contributed by atoms with Gasteiger partial charge in [0.05, 0.1) is 12.7 Å². The lowest BCUT2D eigenvalue weighted by Crippen LogP contribution is -2.06. The van der Waals surface area contributed by atoms with Gasteiger partial charge in [0.15, 0.2) is 29.6 Å². The van der Waals surface area contributed by atoms with Gasteiger partial charge in [-0.15, -0.1) is 0 Å². The molecule has 0 fully saturated rings. The molecule has 3 nitrogen and oxygen atoms in total. The van der Waals surface area contributed by atoms with Crippen molar-refractivity contribution in [3.05, 3.63) is 46.9 Å². The van der Waals surface area contributed by atoms with E-state index in [1.807, 2.05) is 0 Å². The van der Waals surface area contributed by atoms with E-state index in [1.165, 1.54) is 6.07 Å². The topological polar surface area (TPSA) is 39.2 Å². The van der Waals surface area contributed by atoms with Crippen LogP contribution in [0.5, 0.6) is 5.75 Å². The molecule has 0 aliphatic heterocycles. The highest BCUT2D eigenvalue weighted by Gasteiger charge is 2.29. The fourth-order valence-corrected chi connectivity index (χ4v) is 1.68. The molecule has 0 spiro atoms. The SMILES string of the molecule is COc1ccc(C=O)nc1-c1c(F)c(F)c(F)c(F)c1F. The highest BCUT2D eigenvalue weighted by Crippen LogP contribution is 2.35. The van der Waals surface area contributed by atoms with E-state index in [4.69, 9.17) is 4.74 Å². The second-order valence-corrected chi connectivity index (χ2v) is 3.85. The van der Waals surface area contributed by atoms with Gasteiger partial charge in [-0.3, -0.25) is 4.79 Å². The molecule has 1 aromatic heterocycles. The molecule has 0 unspecified atom stereocenters. The van der Waals surface area contributed by atoms with Gasteiger partial charge in [0.1, 0.15) is 17.1 Å². The summed E-state index contributed by atoms with van der Waals surface area (Å²) in [5, 5.41) is 0. The molecule has 0 saturated carbocycles. The molecule has 1 heterocycles. The van der Waals surface area contributed by atoms with Gasteiger partial charge in [0, 0.05) is 0 Å². The zero-order valence-electron chi connectivity index (χ0n) is 10.4. The molecule has 0 radical (unpaired) electrons. The lowest BCUT2D eigenvalue weighted by atomic mass is 10.1. The summed E-state index contributed by atoms with van der Waals surface area (Å²) in [6, 6.07) is 2.30. The minimum atomic E-state index is -2.28. The van der Waals surface area contributed by atoms with Crippen LogP contribution in [0.15, 0.2) is 12.1 Å². The molecular weight excluding hydrogens is 297 g/mol. The number of aldehydes is 1. The first kappa shape index (κ1) is 14.9. The fraction of sp³-hybridized carbons (Fsp3) is 0.0769. The number of carbonyl (C=O) groups excluding carboxylic acids is 1. The fourth-order valence-electron chi connectivity index (χ4n) is 1.68. The molecule has 0 N–H and O–H groups in total. The number of benzene rings is 1. The first-order chi connectivity index (χ1) is 9.92. The molecule has 1 aromatic carbocycles. The molecule has 8 heteroatoms. The average molecular weight is 303 g/mol. The second kappa shape index (κ2) is 5.47. The Morgan fingerprint density at radius 3 is 1.95 bits per heavy atom. The molecule has 21 heavy (non-hydrogen) atoms. The molecule has 0 atom stereocenters. The Morgan fingerprint density at radius 1 is 0.952 bits per heavy atom. The van der Waals surface area contributed by atoms with Crippen LogP contribution in [0, 0.1) is 29.1 Å². The van der Waals surface area contributed by atoms with Crippen molar-refractivity contribution >= 4 is 6.29 Å². The molecule has 0 aliphatic carbocycles. The van der Waals surface area contributed by atoms with Crippen molar-refractivity contribution in [2.45, 2.75) is 0 Å². The predicted molar refractivity (Wildman–Crippen MR) is 61.4 cm³/mol. The Balaban J connectivity index is 2.87. The van der Waals surface area contributed by atoms with Crippen molar-refractivity contribution in [3.8, 4) is 17.0 Å². The number of nitrogens with zero attached hydrogens (tertiary/aromatic N) is 1. The third-order valence-electron chi connectivity index (χ3n) is 2.67. The smallest absolute Gasteiger partial charge is 0.200 e. The number of methoxy groups -OCH3 is 1. The van der Waals surface area contributed by atoms with E-state index in [0.717, 1.165) is 13.2 Å². The first-order valence-corrected chi connectivity index (χ1v) is 5.44. The summed E-state index contributed by atoms with van der Waals surface area (Å²) >= 11 is 0. The number of pyridine rings is 1. The van der Waals surface area contributed by atoms with Gasteiger partial charge < -0.3 is 4.74 Å².